The van der Waals surface area contributed by atoms with Crippen molar-refractivity contribution in [2.24, 2.45) is 5.92 Å². The summed E-state index contributed by atoms with van der Waals surface area (Å²) in [6.45, 7) is 8.59. The van der Waals surface area contributed by atoms with Crippen molar-refractivity contribution in [1.82, 2.24) is 15.0 Å². The molecule has 0 unspecified atom stereocenters. The second kappa shape index (κ2) is 5.30. The van der Waals surface area contributed by atoms with Crippen LogP contribution < -0.4 is 5.32 Å². The van der Waals surface area contributed by atoms with Crippen LogP contribution in [0.5, 0.6) is 0 Å². The van der Waals surface area contributed by atoms with Gasteiger partial charge in [0.05, 0.1) is 0 Å². The highest BCUT2D eigenvalue weighted by Gasteiger charge is 2.18. The van der Waals surface area contributed by atoms with Crippen LogP contribution in [-0.4, -0.2) is 41.2 Å². The van der Waals surface area contributed by atoms with Gasteiger partial charge in [-0.2, -0.15) is 4.98 Å². The Morgan fingerprint density at radius 2 is 2.19 bits per heavy atom. The van der Waals surface area contributed by atoms with Crippen molar-refractivity contribution in [3.8, 4) is 0 Å². The molecule has 1 aliphatic heterocycles. The van der Waals surface area contributed by atoms with E-state index in [0.717, 1.165) is 12.5 Å². The molecule has 90 valence electrons. The van der Waals surface area contributed by atoms with Crippen molar-refractivity contribution in [2.75, 3.05) is 31.5 Å². The van der Waals surface area contributed by atoms with Crippen molar-refractivity contribution in [2.45, 2.75) is 26.7 Å². The molecule has 16 heavy (non-hydrogen) atoms. The lowest BCUT2D eigenvalue weighted by molar-refractivity contribution is 0.197. The first-order valence-corrected chi connectivity index (χ1v) is 6.04. The summed E-state index contributed by atoms with van der Waals surface area (Å²) >= 11 is 0. The number of nitrogens with one attached hydrogen (secondary N) is 1. The van der Waals surface area contributed by atoms with Crippen LogP contribution in [0.1, 0.15) is 25.6 Å². The zero-order valence-corrected chi connectivity index (χ0v) is 10.1. The Hall–Kier alpha value is -1.10. The molecule has 2 heterocycles. The molecule has 0 saturated carbocycles. The van der Waals surface area contributed by atoms with Crippen LogP contribution in [0.15, 0.2) is 4.52 Å². The molecule has 5 heteroatoms. The van der Waals surface area contributed by atoms with Crippen LogP contribution in [0.2, 0.25) is 0 Å². The predicted molar refractivity (Wildman–Crippen MR) is 62.4 cm³/mol. The molecule has 0 aliphatic carbocycles. The van der Waals surface area contributed by atoms with Crippen LogP contribution in [0.4, 0.5) is 6.01 Å². The summed E-state index contributed by atoms with van der Waals surface area (Å²) in [5.41, 5.74) is 0. The van der Waals surface area contributed by atoms with E-state index in [4.69, 9.17) is 4.52 Å². The average Bonchev–Trinajstić information content (AvgIpc) is 2.73. The largest absolute Gasteiger partial charge is 0.337 e. The fourth-order valence-electron chi connectivity index (χ4n) is 2.11. The van der Waals surface area contributed by atoms with E-state index in [9.17, 15) is 0 Å². The summed E-state index contributed by atoms with van der Waals surface area (Å²) in [4.78, 5) is 6.62. The van der Waals surface area contributed by atoms with Crippen LogP contribution in [0.3, 0.4) is 0 Å². The second-order valence-corrected chi connectivity index (χ2v) is 4.41. The van der Waals surface area contributed by atoms with E-state index >= 15 is 0 Å². The number of nitrogens with zero attached hydrogens (tertiary/aromatic N) is 3. The lowest BCUT2D eigenvalue weighted by Gasteiger charge is -2.30. The van der Waals surface area contributed by atoms with Gasteiger partial charge in [-0.3, -0.25) is 0 Å². The van der Waals surface area contributed by atoms with Crippen molar-refractivity contribution in [1.29, 1.82) is 0 Å². The van der Waals surface area contributed by atoms with Gasteiger partial charge < -0.3 is 14.7 Å². The first-order valence-electron chi connectivity index (χ1n) is 6.04. The molecule has 1 aromatic heterocycles. The molecule has 0 aromatic carbocycles. The van der Waals surface area contributed by atoms with E-state index in [1.165, 1.54) is 32.5 Å². The average molecular weight is 224 g/mol. The number of hydrogen-bond donors (Lipinski definition) is 1. The van der Waals surface area contributed by atoms with Gasteiger partial charge in [-0.1, -0.05) is 12.1 Å². The molecule has 1 fully saturated rings. The topological polar surface area (TPSA) is 54.2 Å². The van der Waals surface area contributed by atoms with Crippen LogP contribution in [-0.2, 0) is 0 Å². The van der Waals surface area contributed by atoms with Gasteiger partial charge in [-0.15, -0.1) is 0 Å². The molecule has 0 amide bonds. The van der Waals surface area contributed by atoms with Gasteiger partial charge in [0.15, 0.2) is 5.82 Å². The van der Waals surface area contributed by atoms with Crippen LogP contribution in [0, 0.1) is 12.8 Å². The Labute approximate surface area is 96.2 Å². The Morgan fingerprint density at radius 3 is 2.75 bits per heavy atom. The van der Waals surface area contributed by atoms with Gasteiger partial charge >= 0.3 is 6.01 Å². The van der Waals surface area contributed by atoms with Crippen molar-refractivity contribution in [3.63, 3.8) is 0 Å². The van der Waals surface area contributed by atoms with Gasteiger partial charge in [0.2, 0.25) is 0 Å². The summed E-state index contributed by atoms with van der Waals surface area (Å²) in [5.74, 6) is 1.42. The highest BCUT2D eigenvalue weighted by molar-refractivity contribution is 5.17. The molecule has 1 aliphatic rings. The SMILES string of the molecule is CCN1CCC(CNc2nc(C)no2)CC1. The fraction of sp³-hybridized carbons (Fsp3) is 0.818. The van der Waals surface area contributed by atoms with Crippen molar-refractivity contribution >= 4 is 6.01 Å². The van der Waals surface area contributed by atoms with Crippen molar-refractivity contribution < 1.29 is 4.52 Å². The maximum Gasteiger partial charge on any atom is 0.321 e. The first-order chi connectivity index (χ1) is 7.78. The molecule has 0 bridgehead atoms. The number of aryl methyl sites for hydroxylation is 1. The van der Waals surface area contributed by atoms with Gasteiger partial charge in [-0.25, -0.2) is 0 Å². The summed E-state index contributed by atoms with van der Waals surface area (Å²) in [6, 6.07) is 0.551. The molecule has 2 rings (SSSR count). The highest BCUT2D eigenvalue weighted by Crippen LogP contribution is 2.17. The van der Waals surface area contributed by atoms with Gasteiger partial charge in [-0.05, 0) is 45.3 Å². The zero-order chi connectivity index (χ0) is 11.4. The second-order valence-electron chi connectivity index (χ2n) is 4.41. The minimum Gasteiger partial charge on any atom is -0.337 e. The molecule has 1 N–H and O–H groups in total. The van der Waals surface area contributed by atoms with E-state index in [-0.39, 0.29) is 0 Å². The molecule has 0 radical (unpaired) electrons. The van der Waals surface area contributed by atoms with Gasteiger partial charge in [0.25, 0.3) is 0 Å². The summed E-state index contributed by atoms with van der Waals surface area (Å²) in [5, 5.41) is 6.96. The molecular weight excluding hydrogens is 204 g/mol. The quantitative estimate of drug-likeness (QED) is 0.840. The van der Waals surface area contributed by atoms with Crippen molar-refractivity contribution in [3.05, 3.63) is 5.82 Å². The maximum atomic E-state index is 5.01. The predicted octanol–water partition coefficient (Wildman–Crippen LogP) is 1.52. The third-order valence-corrected chi connectivity index (χ3v) is 3.22. The number of rotatable bonds is 4. The lowest BCUT2D eigenvalue weighted by atomic mass is 9.97. The zero-order valence-electron chi connectivity index (χ0n) is 10.1. The molecule has 1 saturated heterocycles. The van der Waals surface area contributed by atoms with Crippen LogP contribution >= 0.6 is 0 Å². The minimum atomic E-state index is 0.551. The number of likely N-dealkylation sites (tertiary alicyclic amines) is 1. The Kier molecular flexibility index (Phi) is 3.77. The minimum absolute atomic E-state index is 0.551. The summed E-state index contributed by atoms with van der Waals surface area (Å²) < 4.78 is 5.01. The molecule has 0 spiro atoms. The molecule has 0 atom stereocenters. The monoisotopic (exact) mass is 224 g/mol. The smallest absolute Gasteiger partial charge is 0.321 e. The Balaban J connectivity index is 1.71. The van der Waals surface area contributed by atoms with E-state index < -0.39 is 0 Å². The molecule has 5 nitrogen and oxygen atoms in total. The van der Waals surface area contributed by atoms with E-state index in [1.807, 2.05) is 6.92 Å². The summed E-state index contributed by atoms with van der Waals surface area (Å²) in [7, 11) is 0. The third kappa shape index (κ3) is 2.95. The fourth-order valence-corrected chi connectivity index (χ4v) is 2.11. The van der Waals surface area contributed by atoms with Crippen LogP contribution in [0.25, 0.3) is 0 Å². The van der Waals surface area contributed by atoms with Gasteiger partial charge in [0, 0.05) is 6.54 Å². The van der Waals surface area contributed by atoms with Gasteiger partial charge in [0.1, 0.15) is 0 Å². The maximum absolute atomic E-state index is 5.01. The first kappa shape index (κ1) is 11.4. The standard InChI is InChI=1S/C11H20N4O/c1-3-15-6-4-10(5-7-15)8-12-11-13-9(2)14-16-11/h10H,3-8H2,1-2H3,(H,12,13,14). The normalized spacial score (nSPS) is 18.9. The highest BCUT2D eigenvalue weighted by atomic mass is 16.5. The van der Waals surface area contributed by atoms with E-state index in [2.05, 4.69) is 27.3 Å². The Bertz CT molecular complexity index is 318. The number of anilines is 1. The number of hydrogen-bond acceptors (Lipinski definition) is 5. The molecular formula is C11H20N4O. The third-order valence-electron chi connectivity index (χ3n) is 3.22. The lowest BCUT2D eigenvalue weighted by Crippen LogP contribution is -2.35. The summed E-state index contributed by atoms with van der Waals surface area (Å²) in [6.07, 6.45) is 2.52. The van der Waals surface area contributed by atoms with E-state index in [1.54, 1.807) is 0 Å². The van der Waals surface area contributed by atoms with E-state index in [0.29, 0.717) is 11.8 Å². The Morgan fingerprint density at radius 1 is 1.44 bits per heavy atom. The molecule has 1 aromatic rings. The number of aromatic nitrogens is 2. The number of piperidine rings is 1.